The molecular formula is C18H18O6. The lowest BCUT2D eigenvalue weighted by Gasteiger charge is -2.17. The average molecular weight is 330 g/mol. The number of hydrogen-bond acceptors (Lipinski definition) is 6. The van der Waals surface area contributed by atoms with Crippen molar-refractivity contribution < 1.29 is 29.6 Å². The minimum absolute atomic E-state index is 0.00706. The predicted octanol–water partition coefficient (Wildman–Crippen LogP) is 2.31. The van der Waals surface area contributed by atoms with Crippen molar-refractivity contribution in [2.45, 2.75) is 12.3 Å². The van der Waals surface area contributed by atoms with Crippen molar-refractivity contribution in [3.05, 3.63) is 47.5 Å². The lowest BCUT2D eigenvalue weighted by atomic mass is 9.84. The number of phenols is 3. The molecule has 0 spiro atoms. The second-order valence-corrected chi connectivity index (χ2v) is 5.83. The molecule has 6 nitrogen and oxygen atoms in total. The monoisotopic (exact) mass is 330 g/mol. The van der Waals surface area contributed by atoms with E-state index in [2.05, 4.69) is 0 Å². The Balaban J connectivity index is 1.88. The van der Waals surface area contributed by atoms with E-state index in [4.69, 9.17) is 9.47 Å². The van der Waals surface area contributed by atoms with Crippen LogP contribution in [0.15, 0.2) is 36.4 Å². The Hall–Kier alpha value is -2.89. The van der Waals surface area contributed by atoms with E-state index in [9.17, 15) is 20.1 Å². The van der Waals surface area contributed by atoms with E-state index < -0.39 is 5.92 Å². The molecule has 1 saturated heterocycles. The molecule has 1 aliphatic heterocycles. The van der Waals surface area contributed by atoms with E-state index in [1.165, 1.54) is 25.3 Å². The maximum atomic E-state index is 12.2. The fraction of sp³-hybridized carbons (Fsp3) is 0.278. The van der Waals surface area contributed by atoms with Crippen molar-refractivity contribution in [3.8, 4) is 23.0 Å². The molecule has 3 rings (SSSR count). The zero-order valence-corrected chi connectivity index (χ0v) is 13.1. The third-order valence-corrected chi connectivity index (χ3v) is 4.27. The van der Waals surface area contributed by atoms with E-state index in [-0.39, 0.29) is 35.7 Å². The van der Waals surface area contributed by atoms with Gasteiger partial charge in [0, 0.05) is 5.92 Å². The van der Waals surface area contributed by atoms with Gasteiger partial charge in [0.25, 0.3) is 0 Å². The summed E-state index contributed by atoms with van der Waals surface area (Å²) < 4.78 is 10.3. The van der Waals surface area contributed by atoms with Gasteiger partial charge < -0.3 is 24.8 Å². The highest BCUT2D eigenvalue weighted by atomic mass is 16.5. The van der Waals surface area contributed by atoms with E-state index >= 15 is 0 Å². The van der Waals surface area contributed by atoms with Gasteiger partial charge in [-0.3, -0.25) is 4.79 Å². The van der Waals surface area contributed by atoms with Crippen LogP contribution >= 0.6 is 0 Å². The van der Waals surface area contributed by atoms with E-state index in [0.717, 1.165) is 5.56 Å². The van der Waals surface area contributed by atoms with Gasteiger partial charge in [-0.15, -0.1) is 0 Å². The number of cyclic esters (lactones) is 1. The Kier molecular flexibility index (Phi) is 4.20. The topological polar surface area (TPSA) is 96.2 Å². The SMILES string of the molecule is COc1cc([C@@H]2C(=O)OC[C@H]2Cc2ccc(O)c(O)c2)ccc1O. The smallest absolute Gasteiger partial charge is 0.313 e. The van der Waals surface area contributed by atoms with Crippen molar-refractivity contribution in [3.63, 3.8) is 0 Å². The highest BCUT2D eigenvalue weighted by Crippen LogP contribution is 2.38. The molecule has 0 saturated carbocycles. The molecule has 126 valence electrons. The molecule has 3 N–H and O–H groups in total. The Morgan fingerprint density at radius 3 is 2.54 bits per heavy atom. The molecule has 24 heavy (non-hydrogen) atoms. The van der Waals surface area contributed by atoms with Gasteiger partial charge in [0.05, 0.1) is 19.6 Å². The highest BCUT2D eigenvalue weighted by Gasteiger charge is 2.38. The molecule has 2 aromatic rings. The molecular weight excluding hydrogens is 312 g/mol. The zero-order chi connectivity index (χ0) is 17.3. The third-order valence-electron chi connectivity index (χ3n) is 4.27. The second-order valence-electron chi connectivity index (χ2n) is 5.83. The van der Waals surface area contributed by atoms with Crippen LogP contribution in [0, 0.1) is 5.92 Å². The van der Waals surface area contributed by atoms with Gasteiger partial charge in [-0.2, -0.15) is 0 Å². The van der Waals surface area contributed by atoms with Crippen LogP contribution in [0.2, 0.25) is 0 Å². The van der Waals surface area contributed by atoms with E-state index in [0.29, 0.717) is 17.7 Å². The number of benzene rings is 2. The van der Waals surface area contributed by atoms with Crippen molar-refractivity contribution in [2.24, 2.45) is 5.92 Å². The Labute approximate surface area is 138 Å². The number of phenolic OH excluding ortho intramolecular Hbond substituents is 3. The fourth-order valence-corrected chi connectivity index (χ4v) is 3.04. The number of esters is 1. The maximum Gasteiger partial charge on any atom is 0.313 e. The van der Waals surface area contributed by atoms with Crippen LogP contribution in [-0.2, 0) is 16.0 Å². The number of ether oxygens (including phenoxy) is 2. The van der Waals surface area contributed by atoms with Crippen molar-refractivity contribution >= 4 is 5.97 Å². The highest BCUT2D eigenvalue weighted by molar-refractivity contribution is 5.81. The van der Waals surface area contributed by atoms with E-state index in [1.807, 2.05) is 0 Å². The first kappa shape index (κ1) is 16.0. The molecule has 0 unspecified atom stereocenters. The summed E-state index contributed by atoms with van der Waals surface area (Å²) in [6.45, 7) is 0.272. The van der Waals surface area contributed by atoms with Crippen LogP contribution in [0.5, 0.6) is 23.0 Å². The van der Waals surface area contributed by atoms with Crippen LogP contribution < -0.4 is 4.74 Å². The van der Waals surface area contributed by atoms with Crippen LogP contribution in [0.25, 0.3) is 0 Å². The number of carbonyl (C=O) groups excluding carboxylic acids is 1. The van der Waals surface area contributed by atoms with E-state index in [1.54, 1.807) is 18.2 Å². The molecule has 0 aromatic heterocycles. The lowest BCUT2D eigenvalue weighted by Crippen LogP contribution is -2.16. The van der Waals surface area contributed by atoms with Crippen LogP contribution in [0.1, 0.15) is 17.0 Å². The molecule has 0 radical (unpaired) electrons. The number of rotatable bonds is 4. The van der Waals surface area contributed by atoms with Gasteiger partial charge in [-0.25, -0.2) is 0 Å². The number of aromatic hydroxyl groups is 3. The molecule has 1 fully saturated rings. The first-order chi connectivity index (χ1) is 11.5. The van der Waals surface area contributed by atoms with Crippen molar-refractivity contribution in [1.82, 2.24) is 0 Å². The summed E-state index contributed by atoms with van der Waals surface area (Å²) in [6.07, 6.45) is 0.507. The minimum Gasteiger partial charge on any atom is -0.504 e. The summed E-state index contributed by atoms with van der Waals surface area (Å²) in [5, 5.41) is 28.7. The summed E-state index contributed by atoms with van der Waals surface area (Å²) >= 11 is 0. The third kappa shape index (κ3) is 2.95. The molecule has 6 heteroatoms. The average Bonchev–Trinajstić information content (AvgIpc) is 2.92. The standard InChI is InChI=1S/C18H18O6/c1-23-16-8-11(3-5-14(16)20)17-12(9-24-18(17)22)6-10-2-4-13(19)15(21)7-10/h2-5,7-8,12,17,19-21H,6,9H2,1H3/t12-,17+/m1/s1. The van der Waals surface area contributed by atoms with Gasteiger partial charge >= 0.3 is 5.97 Å². The Morgan fingerprint density at radius 2 is 1.83 bits per heavy atom. The summed E-state index contributed by atoms with van der Waals surface area (Å²) in [5.74, 6) is -0.986. The number of hydrogen-bond donors (Lipinski definition) is 3. The first-order valence-corrected chi connectivity index (χ1v) is 7.54. The van der Waals surface area contributed by atoms with Crippen molar-refractivity contribution in [2.75, 3.05) is 13.7 Å². The summed E-state index contributed by atoms with van der Waals surface area (Å²) in [5.41, 5.74) is 1.50. The molecule has 1 heterocycles. The molecule has 2 atom stereocenters. The van der Waals surface area contributed by atoms with Crippen LogP contribution in [-0.4, -0.2) is 35.0 Å². The molecule has 0 bridgehead atoms. The largest absolute Gasteiger partial charge is 0.504 e. The summed E-state index contributed by atoms with van der Waals surface area (Å²) in [7, 11) is 1.45. The molecule has 1 aliphatic rings. The number of methoxy groups -OCH3 is 1. The molecule has 2 aromatic carbocycles. The number of carbonyl (C=O) groups is 1. The molecule has 0 amide bonds. The second kappa shape index (κ2) is 6.31. The normalized spacial score (nSPS) is 20.0. The Bertz CT molecular complexity index is 770. The van der Waals surface area contributed by atoms with Gasteiger partial charge in [0.15, 0.2) is 23.0 Å². The van der Waals surface area contributed by atoms with Gasteiger partial charge in [0.2, 0.25) is 0 Å². The predicted molar refractivity (Wildman–Crippen MR) is 85.3 cm³/mol. The fourth-order valence-electron chi connectivity index (χ4n) is 3.04. The van der Waals surface area contributed by atoms with Gasteiger partial charge in [-0.1, -0.05) is 12.1 Å². The lowest BCUT2D eigenvalue weighted by molar-refractivity contribution is -0.139. The van der Waals surface area contributed by atoms with Gasteiger partial charge in [-0.05, 0) is 41.8 Å². The summed E-state index contributed by atoms with van der Waals surface area (Å²) in [6, 6.07) is 9.40. The minimum atomic E-state index is -0.476. The quantitative estimate of drug-likeness (QED) is 0.588. The Morgan fingerprint density at radius 1 is 1.08 bits per heavy atom. The van der Waals surface area contributed by atoms with Gasteiger partial charge in [0.1, 0.15) is 0 Å². The molecule has 0 aliphatic carbocycles. The summed E-state index contributed by atoms with van der Waals surface area (Å²) in [4.78, 5) is 12.2. The zero-order valence-electron chi connectivity index (χ0n) is 13.1. The first-order valence-electron chi connectivity index (χ1n) is 7.54. The van der Waals surface area contributed by atoms with Crippen molar-refractivity contribution in [1.29, 1.82) is 0 Å². The van der Waals surface area contributed by atoms with Crippen LogP contribution in [0.4, 0.5) is 0 Å². The van der Waals surface area contributed by atoms with Crippen LogP contribution in [0.3, 0.4) is 0 Å². The maximum absolute atomic E-state index is 12.2.